The average molecular weight is 341 g/mol. The van der Waals surface area contributed by atoms with E-state index in [1.54, 1.807) is 0 Å². The zero-order chi connectivity index (χ0) is 17.2. The molecule has 0 aliphatic carbocycles. The maximum Gasteiger partial charge on any atom is 0.303 e. The highest BCUT2D eigenvalue weighted by molar-refractivity contribution is 5.66. The number of fused-ring (bicyclic) bond motifs is 2. The number of hydrogen-bond donors (Lipinski definition) is 2. The van der Waals surface area contributed by atoms with Crippen LogP contribution in [0, 0.1) is 11.8 Å². The van der Waals surface area contributed by atoms with Gasteiger partial charge in [-0.3, -0.25) is 4.79 Å². The Labute approximate surface area is 146 Å². The molecule has 2 bridgehead atoms. The Morgan fingerprint density at radius 1 is 1.08 bits per heavy atom. The van der Waals surface area contributed by atoms with Gasteiger partial charge in [0.05, 0.1) is 18.8 Å². The van der Waals surface area contributed by atoms with Crippen LogP contribution in [0.2, 0.25) is 0 Å². The van der Waals surface area contributed by atoms with E-state index >= 15 is 0 Å². The molecular weight excluding hydrogens is 306 g/mol. The van der Waals surface area contributed by atoms with Crippen LogP contribution in [0.15, 0.2) is 0 Å². The Morgan fingerprint density at radius 3 is 2.58 bits per heavy atom. The molecule has 5 nitrogen and oxygen atoms in total. The van der Waals surface area contributed by atoms with Gasteiger partial charge in [-0.05, 0) is 38.0 Å². The minimum atomic E-state index is -0.679. The van der Waals surface area contributed by atoms with Crippen LogP contribution in [-0.4, -0.2) is 36.4 Å². The molecule has 2 aliphatic heterocycles. The molecule has 2 rings (SSSR count). The van der Waals surface area contributed by atoms with Crippen molar-refractivity contribution in [3.8, 4) is 0 Å². The second-order valence-electron chi connectivity index (χ2n) is 7.37. The largest absolute Gasteiger partial charge is 0.481 e. The molecule has 0 spiro atoms. The lowest BCUT2D eigenvalue weighted by Crippen LogP contribution is -2.35. The van der Waals surface area contributed by atoms with Gasteiger partial charge in [-0.15, -0.1) is 0 Å². The molecule has 140 valence electrons. The summed E-state index contributed by atoms with van der Waals surface area (Å²) < 4.78 is 6.13. The van der Waals surface area contributed by atoms with E-state index in [-0.39, 0.29) is 0 Å². The molecule has 5 heteroatoms. The first-order valence-electron chi connectivity index (χ1n) is 9.94. The molecule has 2 fully saturated rings. The van der Waals surface area contributed by atoms with Crippen LogP contribution in [0.4, 0.5) is 0 Å². The third-order valence-corrected chi connectivity index (χ3v) is 5.54. The average Bonchev–Trinajstić information content (AvgIpc) is 3.15. The summed E-state index contributed by atoms with van der Waals surface area (Å²) in [5.41, 5.74) is 3.18. The number of rotatable bonds is 14. The Kier molecular flexibility index (Phi) is 9.07. The lowest BCUT2D eigenvalue weighted by Gasteiger charge is -2.28. The molecule has 0 radical (unpaired) electrons. The van der Waals surface area contributed by atoms with Crippen molar-refractivity contribution in [2.24, 2.45) is 11.8 Å². The molecule has 2 N–H and O–H groups in total. The van der Waals surface area contributed by atoms with Gasteiger partial charge in [0.2, 0.25) is 0 Å². The van der Waals surface area contributed by atoms with Gasteiger partial charge in [0.25, 0.3) is 0 Å². The number of hydroxylamine groups is 1. The summed E-state index contributed by atoms with van der Waals surface area (Å²) in [7, 11) is 0. The summed E-state index contributed by atoms with van der Waals surface area (Å²) in [6, 6.07) is 0. The first-order chi connectivity index (χ1) is 11.7. The second-order valence-corrected chi connectivity index (χ2v) is 7.37. The van der Waals surface area contributed by atoms with Gasteiger partial charge in [-0.25, -0.2) is 5.48 Å². The SMILES string of the molecule is CCCCCONC[C@H]1[C@@H](CCCCCCC(=O)O)[C@H]2CC[C@@H]1O2. The molecule has 2 aliphatic rings. The number of ether oxygens (including phenoxy) is 1. The summed E-state index contributed by atoms with van der Waals surface area (Å²) in [6.07, 6.45) is 12.5. The first kappa shape index (κ1) is 19.7. The summed E-state index contributed by atoms with van der Waals surface area (Å²) >= 11 is 0. The molecule has 4 atom stereocenters. The number of aliphatic carboxylic acids is 1. The second kappa shape index (κ2) is 11.1. The molecule has 0 saturated carbocycles. The molecule has 2 heterocycles. The standard InChI is InChI=1S/C19H35NO4/c1-2-3-8-13-23-20-14-16-15(17-11-12-18(16)24-17)9-6-4-5-7-10-19(21)22/h15-18,20H,2-14H2,1H3,(H,21,22)/t15-,16+,17-,18+/m1/s1. The van der Waals surface area contributed by atoms with E-state index in [0.717, 1.165) is 38.8 Å². The van der Waals surface area contributed by atoms with Crippen molar-refractivity contribution in [2.45, 2.75) is 89.8 Å². The molecule has 2 saturated heterocycles. The zero-order valence-electron chi connectivity index (χ0n) is 15.2. The molecule has 0 aromatic carbocycles. The smallest absolute Gasteiger partial charge is 0.303 e. The van der Waals surface area contributed by atoms with Crippen LogP contribution >= 0.6 is 0 Å². The van der Waals surface area contributed by atoms with Crippen LogP contribution < -0.4 is 5.48 Å². The number of carboxylic acids is 1. The number of carboxylic acid groups (broad SMARTS) is 1. The number of unbranched alkanes of at least 4 members (excludes halogenated alkanes) is 5. The monoisotopic (exact) mass is 341 g/mol. The highest BCUT2D eigenvalue weighted by Gasteiger charge is 2.47. The maximum absolute atomic E-state index is 10.5. The first-order valence-corrected chi connectivity index (χ1v) is 9.94. The fourth-order valence-electron chi connectivity index (χ4n) is 4.21. The quantitative estimate of drug-likeness (QED) is 0.370. The van der Waals surface area contributed by atoms with Gasteiger partial charge in [-0.1, -0.05) is 39.0 Å². The summed E-state index contributed by atoms with van der Waals surface area (Å²) in [6.45, 7) is 3.90. The number of hydrogen-bond acceptors (Lipinski definition) is 4. The lowest BCUT2D eigenvalue weighted by molar-refractivity contribution is -0.137. The van der Waals surface area contributed by atoms with Gasteiger partial charge < -0.3 is 14.7 Å². The van der Waals surface area contributed by atoms with E-state index in [1.807, 2.05) is 0 Å². The van der Waals surface area contributed by atoms with Gasteiger partial charge in [0, 0.05) is 18.9 Å². The Bertz CT molecular complexity index is 363. The molecule has 24 heavy (non-hydrogen) atoms. The Morgan fingerprint density at radius 2 is 1.83 bits per heavy atom. The molecule has 0 aromatic heterocycles. The van der Waals surface area contributed by atoms with Crippen LogP contribution in [0.1, 0.15) is 77.6 Å². The third kappa shape index (κ3) is 6.34. The van der Waals surface area contributed by atoms with Crippen LogP contribution in [0.25, 0.3) is 0 Å². The summed E-state index contributed by atoms with van der Waals surface area (Å²) in [4.78, 5) is 16.1. The predicted molar refractivity (Wildman–Crippen MR) is 93.7 cm³/mol. The van der Waals surface area contributed by atoms with Crippen LogP contribution in [0.3, 0.4) is 0 Å². The van der Waals surface area contributed by atoms with Crippen molar-refractivity contribution in [3.63, 3.8) is 0 Å². The normalized spacial score (nSPS) is 28.5. The van der Waals surface area contributed by atoms with E-state index in [4.69, 9.17) is 14.7 Å². The summed E-state index contributed by atoms with van der Waals surface area (Å²) in [5.74, 6) is 0.547. The fraction of sp³-hybridized carbons (Fsp3) is 0.947. The van der Waals surface area contributed by atoms with Crippen molar-refractivity contribution >= 4 is 5.97 Å². The Balaban J connectivity index is 1.59. The van der Waals surface area contributed by atoms with Crippen molar-refractivity contribution in [1.82, 2.24) is 5.48 Å². The lowest BCUT2D eigenvalue weighted by atomic mass is 9.76. The predicted octanol–water partition coefficient (Wildman–Crippen LogP) is 3.92. The highest BCUT2D eigenvalue weighted by Crippen LogP contribution is 2.45. The topological polar surface area (TPSA) is 67.8 Å². The Hall–Kier alpha value is -0.650. The zero-order valence-corrected chi connectivity index (χ0v) is 15.2. The molecule has 0 amide bonds. The minimum absolute atomic E-state index is 0.305. The van der Waals surface area contributed by atoms with Crippen LogP contribution in [0.5, 0.6) is 0 Å². The van der Waals surface area contributed by atoms with Gasteiger partial charge in [0.1, 0.15) is 0 Å². The van der Waals surface area contributed by atoms with E-state index in [0.29, 0.717) is 30.5 Å². The van der Waals surface area contributed by atoms with Crippen molar-refractivity contribution in [1.29, 1.82) is 0 Å². The number of carbonyl (C=O) groups is 1. The summed E-state index contributed by atoms with van der Waals surface area (Å²) in [5, 5.41) is 8.66. The van der Waals surface area contributed by atoms with E-state index in [1.165, 1.54) is 38.5 Å². The van der Waals surface area contributed by atoms with Gasteiger partial charge in [-0.2, -0.15) is 0 Å². The molecule has 0 aromatic rings. The van der Waals surface area contributed by atoms with E-state index in [9.17, 15) is 4.79 Å². The minimum Gasteiger partial charge on any atom is -0.481 e. The fourth-order valence-corrected chi connectivity index (χ4v) is 4.21. The third-order valence-electron chi connectivity index (χ3n) is 5.54. The van der Waals surface area contributed by atoms with E-state index < -0.39 is 5.97 Å². The van der Waals surface area contributed by atoms with Crippen molar-refractivity contribution < 1.29 is 19.5 Å². The molecule has 0 unspecified atom stereocenters. The highest BCUT2D eigenvalue weighted by atomic mass is 16.6. The maximum atomic E-state index is 10.5. The van der Waals surface area contributed by atoms with E-state index in [2.05, 4.69) is 12.4 Å². The van der Waals surface area contributed by atoms with Crippen molar-refractivity contribution in [2.75, 3.05) is 13.2 Å². The number of nitrogens with one attached hydrogen (secondary N) is 1. The van der Waals surface area contributed by atoms with Gasteiger partial charge >= 0.3 is 5.97 Å². The molecular formula is C19H35NO4. The van der Waals surface area contributed by atoms with Crippen molar-refractivity contribution in [3.05, 3.63) is 0 Å². The van der Waals surface area contributed by atoms with Gasteiger partial charge in [0.15, 0.2) is 0 Å². The van der Waals surface area contributed by atoms with Crippen LogP contribution in [-0.2, 0) is 14.4 Å².